The number of aliphatic hydroxyl groups is 2. The molecule has 0 aromatic heterocycles. The second-order valence-corrected chi connectivity index (χ2v) is 15.0. The Balaban J connectivity index is 1.17. The first kappa shape index (κ1) is 50.6. The molecule has 0 heterocycles. The smallest absolute Gasteiger partial charge is 0.389 e. The normalized spacial score (nSPS) is 12.5. The second-order valence-electron chi connectivity index (χ2n) is 15.0. The van der Waals surface area contributed by atoms with Gasteiger partial charge in [-0.25, -0.2) is 9.59 Å². The van der Waals surface area contributed by atoms with Crippen molar-refractivity contribution in [3.05, 3.63) is 155 Å². The van der Waals surface area contributed by atoms with Gasteiger partial charge in [0, 0.05) is 30.6 Å². The number of ether oxygens (including phenoxy) is 4. The van der Waals surface area contributed by atoms with Crippen molar-refractivity contribution in [2.75, 3.05) is 24.7 Å². The third-order valence-corrected chi connectivity index (χ3v) is 9.65. The standard InChI is InChI=1S/C49H44F6N2O10/c50-47(51,52)23-1-25-64-39-18-9-33(10-19-39)45(60)66-41-14-4-31(5-15-41)3-13-38(58)30-43(35-27-36(56)29-37(57)28-35)49(62,63)44(59)22-8-32-6-16-42(17-7-32)67-46(61)34-11-20-40(21-12-34)65-26-2-24-48(53,54)55/h3-22,27-29,43,62-63H,1-2,23-26,30,56-57H2/b13-3+,22-8+. The van der Waals surface area contributed by atoms with Gasteiger partial charge < -0.3 is 40.6 Å². The summed E-state index contributed by atoms with van der Waals surface area (Å²) in [6.45, 7) is -0.305. The van der Waals surface area contributed by atoms with Gasteiger partial charge in [-0.15, -0.1) is 0 Å². The van der Waals surface area contributed by atoms with E-state index in [1.54, 1.807) is 12.1 Å². The van der Waals surface area contributed by atoms with Crippen LogP contribution >= 0.6 is 0 Å². The van der Waals surface area contributed by atoms with E-state index in [0.29, 0.717) is 11.1 Å². The Kier molecular flexibility index (Phi) is 17.1. The number of hydrogen-bond donors (Lipinski definition) is 4. The van der Waals surface area contributed by atoms with Crippen molar-refractivity contribution in [1.82, 2.24) is 0 Å². The molecule has 0 bridgehead atoms. The van der Waals surface area contributed by atoms with E-state index in [1.165, 1.54) is 115 Å². The highest BCUT2D eigenvalue weighted by Crippen LogP contribution is 2.35. The SMILES string of the molecule is Nc1cc(N)cc(C(CC(=O)/C=C/c2ccc(OC(=O)c3ccc(OCCCC(F)(F)F)cc3)cc2)C(O)(O)C(=O)/C=C/c2ccc(OC(=O)c3ccc(OCCCC(F)(F)F)cc3)cc2)c1. The minimum Gasteiger partial charge on any atom is -0.494 e. The van der Waals surface area contributed by atoms with Gasteiger partial charge >= 0.3 is 24.3 Å². The van der Waals surface area contributed by atoms with Gasteiger partial charge in [0.1, 0.15) is 23.0 Å². The Morgan fingerprint density at radius 1 is 0.552 bits per heavy atom. The monoisotopic (exact) mass is 934 g/mol. The van der Waals surface area contributed by atoms with Crippen molar-refractivity contribution in [1.29, 1.82) is 0 Å². The number of anilines is 2. The quantitative estimate of drug-likeness (QED) is 0.0104. The van der Waals surface area contributed by atoms with E-state index in [1.807, 2.05) is 0 Å². The van der Waals surface area contributed by atoms with Crippen molar-refractivity contribution >= 4 is 47.0 Å². The fourth-order valence-electron chi connectivity index (χ4n) is 6.25. The molecule has 0 radical (unpaired) electrons. The number of hydrogen-bond acceptors (Lipinski definition) is 12. The van der Waals surface area contributed by atoms with Gasteiger partial charge in [-0.05, 0) is 133 Å². The van der Waals surface area contributed by atoms with Crippen LogP contribution in [-0.4, -0.2) is 65.1 Å². The number of esters is 2. The van der Waals surface area contributed by atoms with Crippen LogP contribution in [0.5, 0.6) is 23.0 Å². The predicted molar refractivity (Wildman–Crippen MR) is 235 cm³/mol. The maximum atomic E-state index is 13.4. The lowest BCUT2D eigenvalue weighted by atomic mass is 9.83. The zero-order valence-electron chi connectivity index (χ0n) is 35.4. The van der Waals surface area contributed by atoms with E-state index < -0.39 is 66.8 Å². The Bertz CT molecular complexity index is 2520. The van der Waals surface area contributed by atoms with Crippen LogP contribution in [0.15, 0.2) is 127 Å². The number of halogens is 6. The van der Waals surface area contributed by atoms with Crippen molar-refractivity contribution in [3.8, 4) is 23.0 Å². The van der Waals surface area contributed by atoms with Crippen LogP contribution in [0.25, 0.3) is 12.2 Å². The number of rotatable bonds is 21. The van der Waals surface area contributed by atoms with Crippen molar-refractivity contribution < 1.29 is 74.7 Å². The summed E-state index contributed by atoms with van der Waals surface area (Å²) in [7, 11) is 0. The fourth-order valence-corrected chi connectivity index (χ4v) is 6.25. The summed E-state index contributed by atoms with van der Waals surface area (Å²) in [5, 5.41) is 22.6. The van der Waals surface area contributed by atoms with E-state index in [9.17, 15) is 55.7 Å². The largest absolute Gasteiger partial charge is 0.494 e. The molecule has 1 atom stereocenters. The Morgan fingerprint density at radius 2 is 0.940 bits per heavy atom. The first-order chi connectivity index (χ1) is 31.6. The molecule has 12 nitrogen and oxygen atoms in total. The zero-order chi connectivity index (χ0) is 48.8. The summed E-state index contributed by atoms with van der Waals surface area (Å²) in [5.41, 5.74) is 13.5. The first-order valence-electron chi connectivity index (χ1n) is 20.4. The fraction of sp³-hybridized carbons (Fsp3) is 0.224. The summed E-state index contributed by atoms with van der Waals surface area (Å²) < 4.78 is 95.4. The number of nitrogen functional groups attached to an aromatic ring is 2. The molecule has 1 unspecified atom stereocenters. The summed E-state index contributed by atoms with van der Waals surface area (Å²) >= 11 is 0. The first-order valence-corrected chi connectivity index (χ1v) is 20.4. The molecule has 67 heavy (non-hydrogen) atoms. The number of allylic oxidation sites excluding steroid dienone is 1. The molecule has 5 aromatic rings. The highest BCUT2D eigenvalue weighted by Gasteiger charge is 2.42. The molecule has 6 N–H and O–H groups in total. The van der Waals surface area contributed by atoms with Crippen LogP contribution in [-0.2, 0) is 9.59 Å². The lowest BCUT2D eigenvalue weighted by Crippen LogP contribution is -2.44. The van der Waals surface area contributed by atoms with Crippen molar-refractivity contribution in [2.24, 2.45) is 0 Å². The highest BCUT2D eigenvalue weighted by molar-refractivity contribution is 6.01. The Morgan fingerprint density at radius 3 is 1.34 bits per heavy atom. The lowest BCUT2D eigenvalue weighted by Gasteiger charge is -2.29. The van der Waals surface area contributed by atoms with E-state index in [-0.39, 0.29) is 77.1 Å². The van der Waals surface area contributed by atoms with E-state index in [4.69, 9.17) is 30.4 Å². The van der Waals surface area contributed by atoms with Crippen molar-refractivity contribution in [3.63, 3.8) is 0 Å². The average Bonchev–Trinajstić information content (AvgIpc) is 3.27. The highest BCUT2D eigenvalue weighted by atomic mass is 19.4. The van der Waals surface area contributed by atoms with E-state index >= 15 is 0 Å². The van der Waals surface area contributed by atoms with Crippen LogP contribution in [0.2, 0.25) is 0 Å². The van der Waals surface area contributed by atoms with Gasteiger partial charge in [0.15, 0.2) is 5.78 Å². The third-order valence-electron chi connectivity index (χ3n) is 9.65. The topological polar surface area (TPSA) is 198 Å². The minimum atomic E-state index is -4.28. The van der Waals surface area contributed by atoms with Gasteiger partial charge in [-0.2, -0.15) is 26.3 Å². The molecule has 5 rings (SSSR count). The molecule has 0 amide bonds. The van der Waals surface area contributed by atoms with Gasteiger partial charge in [0.2, 0.25) is 11.6 Å². The van der Waals surface area contributed by atoms with Crippen LogP contribution in [0, 0.1) is 0 Å². The number of nitrogens with two attached hydrogens (primary N) is 2. The molecule has 0 saturated heterocycles. The summed E-state index contributed by atoms with van der Waals surface area (Å²) in [5.74, 6) is -7.10. The van der Waals surface area contributed by atoms with Crippen LogP contribution in [0.3, 0.4) is 0 Å². The molecule has 352 valence electrons. The van der Waals surface area contributed by atoms with Gasteiger partial charge in [-0.1, -0.05) is 36.4 Å². The van der Waals surface area contributed by atoms with E-state index in [0.717, 1.165) is 12.2 Å². The number of benzene rings is 5. The van der Waals surface area contributed by atoms with Gasteiger partial charge in [0.25, 0.3) is 0 Å². The molecule has 18 heteroatoms. The predicted octanol–water partition coefficient (Wildman–Crippen LogP) is 9.45. The molecule has 0 aliphatic heterocycles. The van der Waals surface area contributed by atoms with Crippen LogP contribution in [0.4, 0.5) is 37.7 Å². The molecule has 0 fully saturated rings. The van der Waals surface area contributed by atoms with E-state index in [2.05, 4.69) is 0 Å². The second kappa shape index (κ2) is 22.6. The molecular formula is C49H44F6N2O10. The maximum absolute atomic E-state index is 13.4. The summed E-state index contributed by atoms with van der Waals surface area (Å²) in [4.78, 5) is 52.1. The Hall–Kier alpha value is -7.44. The average molecular weight is 935 g/mol. The van der Waals surface area contributed by atoms with Gasteiger partial charge in [0.05, 0.1) is 30.3 Å². The van der Waals surface area contributed by atoms with Crippen molar-refractivity contribution in [2.45, 2.75) is 56.2 Å². The maximum Gasteiger partial charge on any atom is 0.389 e. The molecule has 0 spiro atoms. The molecule has 0 aliphatic carbocycles. The molecule has 0 aliphatic rings. The van der Waals surface area contributed by atoms with Crippen LogP contribution in [0.1, 0.15) is 75.4 Å². The third kappa shape index (κ3) is 16.5. The number of ketones is 2. The van der Waals surface area contributed by atoms with Gasteiger partial charge in [-0.3, -0.25) is 9.59 Å². The van der Waals surface area contributed by atoms with Crippen LogP contribution < -0.4 is 30.4 Å². The number of carbonyl (C=O) groups is 4. The molecular weight excluding hydrogens is 891 g/mol. The number of alkyl halides is 6. The lowest BCUT2D eigenvalue weighted by molar-refractivity contribution is -0.187. The molecule has 0 saturated carbocycles. The Labute approximate surface area is 380 Å². The molecule has 5 aromatic carbocycles. The number of carbonyl (C=O) groups excluding carboxylic acids is 4. The minimum absolute atomic E-state index is 0.0922. The summed E-state index contributed by atoms with van der Waals surface area (Å²) in [6.07, 6.45) is -6.77. The zero-order valence-corrected chi connectivity index (χ0v) is 35.4. The summed E-state index contributed by atoms with van der Waals surface area (Å²) in [6, 6.07) is 27.2.